The van der Waals surface area contributed by atoms with Gasteiger partial charge in [0.15, 0.2) is 0 Å². The van der Waals surface area contributed by atoms with Crippen LogP contribution in [0.2, 0.25) is 0 Å². The first-order chi connectivity index (χ1) is 8.15. The Hall–Kier alpha value is -1.22. The third kappa shape index (κ3) is 2.39. The molecule has 0 aromatic heterocycles. The molecule has 1 aromatic rings. The Balaban J connectivity index is 2.49. The third-order valence-electron chi connectivity index (χ3n) is 3.62. The van der Waals surface area contributed by atoms with Crippen molar-refractivity contribution in [3.63, 3.8) is 0 Å². The standard InChI is InChI=1S/C14H21NO2/c1-9-4-5-11-12(13(15)6-9)7-10(16-2)8-14(11)17-3/h7-9,13H,4-6,15H2,1-3H3. The highest BCUT2D eigenvalue weighted by atomic mass is 16.5. The Kier molecular flexibility index (Phi) is 3.57. The van der Waals surface area contributed by atoms with E-state index in [4.69, 9.17) is 15.2 Å². The van der Waals surface area contributed by atoms with Crippen molar-refractivity contribution in [2.75, 3.05) is 14.2 Å². The quantitative estimate of drug-likeness (QED) is 0.801. The predicted molar refractivity (Wildman–Crippen MR) is 68.6 cm³/mol. The van der Waals surface area contributed by atoms with Crippen molar-refractivity contribution in [1.82, 2.24) is 0 Å². The second kappa shape index (κ2) is 4.96. The second-order valence-corrected chi connectivity index (χ2v) is 4.88. The van der Waals surface area contributed by atoms with Crippen LogP contribution in [0.4, 0.5) is 0 Å². The Morgan fingerprint density at radius 2 is 2.00 bits per heavy atom. The maximum absolute atomic E-state index is 6.27. The maximum Gasteiger partial charge on any atom is 0.126 e. The highest BCUT2D eigenvalue weighted by Gasteiger charge is 2.23. The molecule has 0 spiro atoms. The van der Waals surface area contributed by atoms with E-state index in [2.05, 4.69) is 13.0 Å². The van der Waals surface area contributed by atoms with Crippen molar-refractivity contribution in [2.24, 2.45) is 11.7 Å². The van der Waals surface area contributed by atoms with E-state index in [0.717, 1.165) is 24.3 Å². The van der Waals surface area contributed by atoms with Gasteiger partial charge >= 0.3 is 0 Å². The van der Waals surface area contributed by atoms with Crippen LogP contribution < -0.4 is 15.2 Å². The van der Waals surface area contributed by atoms with Crippen molar-refractivity contribution >= 4 is 0 Å². The SMILES string of the molecule is COc1cc(OC)c2c(c1)C(N)CC(C)CC2. The lowest BCUT2D eigenvalue weighted by molar-refractivity contribution is 0.389. The Morgan fingerprint density at radius 3 is 2.65 bits per heavy atom. The monoisotopic (exact) mass is 235 g/mol. The van der Waals surface area contributed by atoms with Gasteiger partial charge in [-0.3, -0.25) is 0 Å². The molecule has 0 amide bonds. The molecule has 0 saturated carbocycles. The minimum absolute atomic E-state index is 0.0894. The molecule has 0 bridgehead atoms. The van der Waals surface area contributed by atoms with Gasteiger partial charge in [0.2, 0.25) is 0 Å². The highest BCUT2D eigenvalue weighted by molar-refractivity contribution is 5.48. The molecule has 1 aromatic carbocycles. The number of hydrogen-bond donors (Lipinski definition) is 1. The van der Waals surface area contributed by atoms with Gasteiger partial charge < -0.3 is 15.2 Å². The van der Waals surface area contributed by atoms with E-state index in [1.807, 2.05) is 6.07 Å². The lowest BCUT2D eigenvalue weighted by atomic mass is 9.97. The lowest BCUT2D eigenvalue weighted by Gasteiger charge is -2.17. The van der Waals surface area contributed by atoms with Crippen molar-refractivity contribution in [3.8, 4) is 11.5 Å². The number of hydrogen-bond acceptors (Lipinski definition) is 3. The summed E-state index contributed by atoms with van der Waals surface area (Å²) in [6, 6.07) is 4.09. The van der Waals surface area contributed by atoms with Crippen LogP contribution in [0.15, 0.2) is 12.1 Å². The molecule has 94 valence electrons. The van der Waals surface area contributed by atoms with Crippen LogP contribution in [0.25, 0.3) is 0 Å². The molecule has 2 N–H and O–H groups in total. The fourth-order valence-electron chi connectivity index (χ4n) is 2.61. The summed E-state index contributed by atoms with van der Waals surface area (Å²) in [6.45, 7) is 2.26. The molecule has 2 unspecified atom stereocenters. The van der Waals surface area contributed by atoms with E-state index >= 15 is 0 Å². The van der Waals surface area contributed by atoms with Crippen LogP contribution in [0.3, 0.4) is 0 Å². The van der Waals surface area contributed by atoms with E-state index in [9.17, 15) is 0 Å². The Labute approximate surface area is 103 Å². The summed E-state index contributed by atoms with van der Waals surface area (Å²) < 4.78 is 10.8. The molecule has 2 atom stereocenters. The average molecular weight is 235 g/mol. The first kappa shape index (κ1) is 12.2. The zero-order valence-corrected chi connectivity index (χ0v) is 10.8. The van der Waals surface area contributed by atoms with Gasteiger partial charge in [-0.15, -0.1) is 0 Å². The average Bonchev–Trinajstić information content (AvgIpc) is 2.48. The lowest BCUT2D eigenvalue weighted by Crippen LogP contribution is -2.13. The molecule has 0 saturated heterocycles. The van der Waals surface area contributed by atoms with Gasteiger partial charge in [0.1, 0.15) is 11.5 Å². The minimum Gasteiger partial charge on any atom is -0.497 e. The predicted octanol–water partition coefficient (Wildman–Crippen LogP) is 2.68. The zero-order chi connectivity index (χ0) is 12.4. The third-order valence-corrected chi connectivity index (χ3v) is 3.62. The molecule has 0 fully saturated rings. The molecule has 0 aliphatic heterocycles. The summed E-state index contributed by atoms with van der Waals surface area (Å²) in [4.78, 5) is 0. The van der Waals surface area contributed by atoms with Crippen molar-refractivity contribution < 1.29 is 9.47 Å². The number of nitrogens with two attached hydrogens (primary N) is 1. The fraction of sp³-hybridized carbons (Fsp3) is 0.571. The molecule has 0 heterocycles. The number of ether oxygens (including phenoxy) is 2. The summed E-state index contributed by atoms with van der Waals surface area (Å²) in [7, 11) is 3.38. The number of methoxy groups -OCH3 is 2. The number of benzene rings is 1. The van der Waals surface area contributed by atoms with E-state index in [0.29, 0.717) is 5.92 Å². The van der Waals surface area contributed by atoms with E-state index in [1.54, 1.807) is 14.2 Å². The van der Waals surface area contributed by atoms with Crippen LogP contribution >= 0.6 is 0 Å². The van der Waals surface area contributed by atoms with Gasteiger partial charge in [-0.05, 0) is 42.4 Å². The fourth-order valence-corrected chi connectivity index (χ4v) is 2.61. The maximum atomic E-state index is 6.27. The van der Waals surface area contributed by atoms with E-state index < -0.39 is 0 Å². The molecule has 1 aliphatic rings. The highest BCUT2D eigenvalue weighted by Crippen LogP contribution is 2.38. The second-order valence-electron chi connectivity index (χ2n) is 4.88. The molecule has 1 aliphatic carbocycles. The zero-order valence-electron chi connectivity index (χ0n) is 10.8. The van der Waals surface area contributed by atoms with Gasteiger partial charge in [0.25, 0.3) is 0 Å². The van der Waals surface area contributed by atoms with Crippen molar-refractivity contribution in [3.05, 3.63) is 23.3 Å². The van der Waals surface area contributed by atoms with Gasteiger partial charge in [-0.1, -0.05) is 6.92 Å². The van der Waals surface area contributed by atoms with Crippen LogP contribution in [0, 0.1) is 5.92 Å². The van der Waals surface area contributed by atoms with E-state index in [1.165, 1.54) is 17.5 Å². The van der Waals surface area contributed by atoms with Gasteiger partial charge in [0, 0.05) is 12.1 Å². The number of rotatable bonds is 2. The van der Waals surface area contributed by atoms with Gasteiger partial charge in [0.05, 0.1) is 14.2 Å². The van der Waals surface area contributed by atoms with Crippen molar-refractivity contribution in [1.29, 1.82) is 0 Å². The Bertz CT molecular complexity index is 403. The molecular formula is C14H21NO2. The normalized spacial score (nSPS) is 23.8. The minimum atomic E-state index is 0.0894. The summed E-state index contributed by atoms with van der Waals surface area (Å²) in [6.07, 6.45) is 3.24. The molecular weight excluding hydrogens is 214 g/mol. The summed E-state index contributed by atoms with van der Waals surface area (Å²) in [5.41, 5.74) is 8.71. The summed E-state index contributed by atoms with van der Waals surface area (Å²) in [5, 5.41) is 0. The van der Waals surface area contributed by atoms with Crippen LogP contribution in [0.1, 0.15) is 36.9 Å². The summed E-state index contributed by atoms with van der Waals surface area (Å²) in [5.74, 6) is 2.39. The smallest absolute Gasteiger partial charge is 0.126 e. The van der Waals surface area contributed by atoms with Crippen LogP contribution in [-0.2, 0) is 6.42 Å². The van der Waals surface area contributed by atoms with E-state index in [-0.39, 0.29) is 6.04 Å². The summed E-state index contributed by atoms with van der Waals surface area (Å²) >= 11 is 0. The number of fused-ring (bicyclic) bond motifs is 1. The molecule has 3 heteroatoms. The first-order valence-corrected chi connectivity index (χ1v) is 6.16. The molecule has 2 rings (SSSR count). The molecule has 0 radical (unpaired) electrons. The first-order valence-electron chi connectivity index (χ1n) is 6.16. The molecule has 17 heavy (non-hydrogen) atoms. The van der Waals surface area contributed by atoms with Gasteiger partial charge in [-0.25, -0.2) is 0 Å². The van der Waals surface area contributed by atoms with Gasteiger partial charge in [-0.2, -0.15) is 0 Å². The van der Waals surface area contributed by atoms with Crippen molar-refractivity contribution in [2.45, 2.75) is 32.2 Å². The largest absolute Gasteiger partial charge is 0.497 e. The molecule has 3 nitrogen and oxygen atoms in total. The van der Waals surface area contributed by atoms with Crippen LogP contribution in [-0.4, -0.2) is 14.2 Å². The topological polar surface area (TPSA) is 44.5 Å². The Morgan fingerprint density at radius 1 is 1.24 bits per heavy atom. The van der Waals surface area contributed by atoms with Crippen LogP contribution in [0.5, 0.6) is 11.5 Å².